The van der Waals surface area contributed by atoms with Crippen LogP contribution in [0.3, 0.4) is 0 Å². The number of hydrogen-bond donors (Lipinski definition) is 1. The number of nitrogens with zero attached hydrogens (tertiary/aromatic N) is 1. The molecule has 0 spiro atoms. The molecular weight excluding hydrogens is 234 g/mol. The van der Waals surface area contributed by atoms with Gasteiger partial charge in [-0.25, -0.2) is 0 Å². The first-order valence-electron chi connectivity index (χ1n) is 7.44. The zero-order valence-corrected chi connectivity index (χ0v) is 12.5. The molecule has 0 aliphatic carbocycles. The number of rotatable bonds is 4. The van der Waals surface area contributed by atoms with Gasteiger partial charge in [-0.1, -0.05) is 44.2 Å². The van der Waals surface area contributed by atoms with Gasteiger partial charge in [-0.3, -0.25) is 4.90 Å². The van der Waals surface area contributed by atoms with Gasteiger partial charge in [0.05, 0.1) is 0 Å². The number of likely N-dealkylation sites (tertiary alicyclic amines) is 1. The monoisotopic (exact) mass is 261 g/mol. The van der Waals surface area contributed by atoms with Gasteiger partial charge in [0.1, 0.15) is 0 Å². The van der Waals surface area contributed by atoms with E-state index >= 15 is 0 Å². The molecule has 0 amide bonds. The Balaban J connectivity index is 2.06. The minimum absolute atomic E-state index is 0.307. The predicted octanol–water partition coefficient (Wildman–Crippen LogP) is 3.48. The van der Waals surface area contributed by atoms with Gasteiger partial charge in [-0.15, -0.1) is 0 Å². The lowest BCUT2D eigenvalue weighted by Crippen LogP contribution is -2.45. The van der Waals surface area contributed by atoms with Crippen LogP contribution in [0.15, 0.2) is 30.3 Å². The minimum atomic E-state index is 0.307. The van der Waals surface area contributed by atoms with Crippen molar-refractivity contribution in [2.75, 3.05) is 19.7 Å². The van der Waals surface area contributed by atoms with Crippen LogP contribution in [0.4, 0.5) is 0 Å². The van der Waals surface area contributed by atoms with Gasteiger partial charge >= 0.3 is 0 Å². The molecular formula is C17H27NO. The maximum absolute atomic E-state index is 9.27. The molecule has 1 aliphatic heterocycles. The fourth-order valence-corrected chi connectivity index (χ4v) is 3.19. The van der Waals surface area contributed by atoms with Gasteiger partial charge in [0.2, 0.25) is 0 Å². The molecule has 1 aromatic carbocycles. The van der Waals surface area contributed by atoms with Crippen LogP contribution in [-0.2, 0) is 0 Å². The summed E-state index contributed by atoms with van der Waals surface area (Å²) in [6, 6.07) is 11.2. The summed E-state index contributed by atoms with van der Waals surface area (Å²) in [6.07, 6.45) is 2.14. The molecule has 1 aromatic rings. The molecule has 1 fully saturated rings. The van der Waals surface area contributed by atoms with Gasteiger partial charge in [0.15, 0.2) is 0 Å². The molecule has 1 aliphatic rings. The van der Waals surface area contributed by atoms with Gasteiger partial charge in [0, 0.05) is 19.2 Å². The molecule has 1 saturated heterocycles. The fourth-order valence-electron chi connectivity index (χ4n) is 3.19. The van der Waals surface area contributed by atoms with E-state index in [2.05, 4.69) is 56.0 Å². The minimum Gasteiger partial charge on any atom is -0.396 e. The number of piperidine rings is 1. The summed E-state index contributed by atoms with van der Waals surface area (Å²) in [6.45, 7) is 9.55. The van der Waals surface area contributed by atoms with Crippen LogP contribution >= 0.6 is 0 Å². The van der Waals surface area contributed by atoms with Crippen LogP contribution in [0.2, 0.25) is 0 Å². The Hall–Kier alpha value is -0.860. The lowest BCUT2D eigenvalue weighted by atomic mass is 9.71. The number of aliphatic hydroxyl groups excluding tert-OH is 1. The highest BCUT2D eigenvalue weighted by Crippen LogP contribution is 2.39. The van der Waals surface area contributed by atoms with E-state index in [1.165, 1.54) is 12.0 Å². The Bertz CT molecular complexity index is 388. The average molecular weight is 261 g/mol. The predicted molar refractivity (Wildman–Crippen MR) is 80.0 cm³/mol. The van der Waals surface area contributed by atoms with Crippen molar-refractivity contribution in [1.82, 2.24) is 4.90 Å². The first kappa shape index (κ1) is 14.5. The van der Waals surface area contributed by atoms with E-state index in [9.17, 15) is 5.11 Å². The van der Waals surface area contributed by atoms with E-state index < -0.39 is 0 Å². The standard InChI is InChI=1S/C17H27NO/c1-14(15-7-5-4-6-8-15)18-11-10-17(2,3)16(13-18)9-12-19/h4-8,14,16,19H,9-13H2,1-3H3. The molecule has 0 bridgehead atoms. The lowest BCUT2D eigenvalue weighted by molar-refractivity contribution is 0.0244. The summed E-state index contributed by atoms with van der Waals surface area (Å²) < 4.78 is 0. The van der Waals surface area contributed by atoms with E-state index in [4.69, 9.17) is 0 Å². The van der Waals surface area contributed by atoms with Gasteiger partial charge in [-0.05, 0) is 43.2 Å². The van der Waals surface area contributed by atoms with E-state index in [0.29, 0.717) is 24.0 Å². The van der Waals surface area contributed by atoms with Crippen molar-refractivity contribution >= 4 is 0 Å². The molecule has 1 heterocycles. The van der Waals surface area contributed by atoms with Crippen molar-refractivity contribution in [3.05, 3.63) is 35.9 Å². The molecule has 0 radical (unpaired) electrons. The third kappa shape index (κ3) is 3.37. The Kier molecular flexibility index (Phi) is 4.64. The van der Waals surface area contributed by atoms with Crippen LogP contribution in [0.25, 0.3) is 0 Å². The fraction of sp³-hybridized carbons (Fsp3) is 0.647. The summed E-state index contributed by atoms with van der Waals surface area (Å²) in [5.74, 6) is 0.595. The second kappa shape index (κ2) is 6.06. The highest BCUT2D eigenvalue weighted by molar-refractivity contribution is 5.18. The van der Waals surface area contributed by atoms with E-state index in [0.717, 1.165) is 19.5 Å². The highest BCUT2D eigenvalue weighted by Gasteiger charge is 2.36. The van der Waals surface area contributed by atoms with Crippen molar-refractivity contribution in [1.29, 1.82) is 0 Å². The van der Waals surface area contributed by atoms with E-state index in [1.54, 1.807) is 0 Å². The summed E-state index contributed by atoms with van der Waals surface area (Å²) in [4.78, 5) is 2.57. The van der Waals surface area contributed by atoms with Crippen molar-refractivity contribution in [2.45, 2.75) is 39.7 Å². The maximum atomic E-state index is 9.27. The topological polar surface area (TPSA) is 23.5 Å². The Morgan fingerprint density at radius 1 is 1.32 bits per heavy atom. The summed E-state index contributed by atoms with van der Waals surface area (Å²) >= 11 is 0. The molecule has 19 heavy (non-hydrogen) atoms. The first-order valence-corrected chi connectivity index (χ1v) is 7.44. The molecule has 2 atom stereocenters. The molecule has 2 heteroatoms. The summed E-state index contributed by atoms with van der Waals surface area (Å²) in [5.41, 5.74) is 1.75. The zero-order valence-electron chi connectivity index (χ0n) is 12.5. The summed E-state index contributed by atoms with van der Waals surface area (Å²) in [7, 11) is 0. The van der Waals surface area contributed by atoms with Gasteiger partial charge in [-0.2, -0.15) is 0 Å². The van der Waals surface area contributed by atoms with Crippen molar-refractivity contribution < 1.29 is 5.11 Å². The first-order chi connectivity index (χ1) is 9.04. The molecule has 2 nitrogen and oxygen atoms in total. The van der Waals surface area contributed by atoms with E-state index in [1.807, 2.05) is 0 Å². The smallest absolute Gasteiger partial charge is 0.0434 e. The molecule has 2 unspecified atom stereocenters. The van der Waals surface area contributed by atoms with Crippen molar-refractivity contribution in [3.8, 4) is 0 Å². The van der Waals surface area contributed by atoms with Gasteiger partial charge in [0.25, 0.3) is 0 Å². The number of hydrogen-bond acceptors (Lipinski definition) is 2. The van der Waals surface area contributed by atoms with Crippen LogP contribution in [0.5, 0.6) is 0 Å². The SMILES string of the molecule is CC(c1ccccc1)N1CCC(C)(C)C(CCO)C1. The van der Waals surface area contributed by atoms with Crippen molar-refractivity contribution in [3.63, 3.8) is 0 Å². The average Bonchev–Trinajstić information content (AvgIpc) is 2.41. The van der Waals surface area contributed by atoms with Crippen LogP contribution in [0.1, 0.15) is 45.2 Å². The second-order valence-electron chi connectivity index (χ2n) is 6.53. The Morgan fingerprint density at radius 3 is 2.63 bits per heavy atom. The molecule has 2 rings (SSSR count). The lowest BCUT2D eigenvalue weighted by Gasteiger charge is -2.46. The third-order valence-electron chi connectivity index (χ3n) is 4.91. The van der Waals surface area contributed by atoms with Crippen LogP contribution < -0.4 is 0 Å². The number of aliphatic hydroxyl groups is 1. The molecule has 1 N–H and O–H groups in total. The maximum Gasteiger partial charge on any atom is 0.0434 e. The van der Waals surface area contributed by atoms with E-state index in [-0.39, 0.29) is 0 Å². The quantitative estimate of drug-likeness (QED) is 0.897. The zero-order chi connectivity index (χ0) is 13.9. The van der Waals surface area contributed by atoms with Crippen LogP contribution in [0, 0.1) is 11.3 Å². The number of benzene rings is 1. The molecule has 0 aromatic heterocycles. The Labute approximate surface area is 117 Å². The highest BCUT2D eigenvalue weighted by atomic mass is 16.3. The largest absolute Gasteiger partial charge is 0.396 e. The van der Waals surface area contributed by atoms with Crippen molar-refractivity contribution in [2.24, 2.45) is 11.3 Å². The van der Waals surface area contributed by atoms with Crippen LogP contribution in [-0.4, -0.2) is 29.7 Å². The third-order valence-corrected chi connectivity index (χ3v) is 4.91. The molecule has 0 saturated carbocycles. The van der Waals surface area contributed by atoms with Gasteiger partial charge < -0.3 is 5.11 Å². The normalized spacial score (nSPS) is 25.2. The molecule has 106 valence electrons. The Morgan fingerprint density at radius 2 is 2.00 bits per heavy atom. The summed E-state index contributed by atoms with van der Waals surface area (Å²) in [5, 5.41) is 9.27. The second-order valence-corrected chi connectivity index (χ2v) is 6.53.